The van der Waals surface area contributed by atoms with Crippen molar-refractivity contribution in [3.05, 3.63) is 64.2 Å². The monoisotopic (exact) mass is 454 g/mol. The Morgan fingerprint density at radius 1 is 1.10 bits per heavy atom. The summed E-state index contributed by atoms with van der Waals surface area (Å²) in [5.41, 5.74) is 2.48. The van der Waals surface area contributed by atoms with Crippen molar-refractivity contribution in [1.82, 2.24) is 14.8 Å². The van der Waals surface area contributed by atoms with Gasteiger partial charge >= 0.3 is 6.18 Å². The number of nitrogens with zero attached hydrogens (tertiary/aromatic N) is 4. The van der Waals surface area contributed by atoms with Gasteiger partial charge in [0.05, 0.1) is 5.69 Å². The fourth-order valence-corrected chi connectivity index (χ4v) is 3.36. The van der Waals surface area contributed by atoms with Gasteiger partial charge in [-0.1, -0.05) is 23.7 Å². The fourth-order valence-electron chi connectivity index (χ4n) is 3.15. The van der Waals surface area contributed by atoms with Gasteiger partial charge < -0.3 is 4.90 Å². The van der Waals surface area contributed by atoms with Crippen LogP contribution in [0.4, 0.5) is 23.2 Å². The average Bonchev–Trinajstić information content (AvgIpc) is 3.11. The number of aryl methyl sites for hydroxylation is 3. The maximum Gasteiger partial charge on any atom is 0.410 e. The van der Waals surface area contributed by atoms with E-state index in [0.29, 0.717) is 22.7 Å². The van der Waals surface area contributed by atoms with E-state index in [-0.39, 0.29) is 18.1 Å². The zero-order valence-corrected chi connectivity index (χ0v) is 18.4. The summed E-state index contributed by atoms with van der Waals surface area (Å²) in [7, 11) is 3.40. The molecule has 0 amide bonds. The first kappa shape index (κ1) is 23.1. The first-order valence-electron chi connectivity index (χ1n) is 9.71. The summed E-state index contributed by atoms with van der Waals surface area (Å²) < 4.78 is 55.5. The van der Waals surface area contributed by atoms with Crippen LogP contribution in [-0.2, 0) is 12.8 Å². The molecule has 166 valence electrons. The number of benzene rings is 2. The zero-order chi connectivity index (χ0) is 22.9. The predicted molar refractivity (Wildman–Crippen MR) is 114 cm³/mol. The molecule has 0 saturated heterocycles. The fraction of sp³-hybridized carbons (Fsp3) is 0.364. The highest BCUT2D eigenvalue weighted by atomic mass is 35.5. The normalized spacial score (nSPS) is 12.8. The van der Waals surface area contributed by atoms with Gasteiger partial charge in [-0.05, 0) is 55.7 Å². The molecule has 0 saturated carbocycles. The maximum atomic E-state index is 14.4. The number of hydrogen-bond donors (Lipinski definition) is 0. The minimum absolute atomic E-state index is 0.0530. The van der Waals surface area contributed by atoms with E-state index in [9.17, 15) is 17.6 Å². The SMILES string of the molecule is Cc1ccc(CCc2nc(-c3ccc(N(C)C)c(F)c3)nn2C(C)C(F)(F)F)cc1Cl. The van der Waals surface area contributed by atoms with Crippen molar-refractivity contribution >= 4 is 17.3 Å². The number of rotatable bonds is 6. The van der Waals surface area contributed by atoms with Gasteiger partial charge in [-0.25, -0.2) is 14.1 Å². The Hall–Kier alpha value is -2.61. The standard InChI is InChI=1S/C22H23ClF4N4/c1-13-5-6-15(11-17(13)23)7-10-20-28-21(29-31(20)14(2)22(25,26)27)16-8-9-19(30(3)4)18(24)12-16/h5-6,8-9,11-12,14H,7,10H2,1-4H3. The van der Waals surface area contributed by atoms with E-state index in [1.807, 2.05) is 19.1 Å². The van der Waals surface area contributed by atoms with Gasteiger partial charge in [-0.3, -0.25) is 0 Å². The van der Waals surface area contributed by atoms with Crippen molar-refractivity contribution in [2.45, 2.75) is 38.9 Å². The van der Waals surface area contributed by atoms with Crippen molar-refractivity contribution in [3.63, 3.8) is 0 Å². The van der Waals surface area contributed by atoms with Crippen molar-refractivity contribution in [2.24, 2.45) is 0 Å². The number of hydrogen-bond acceptors (Lipinski definition) is 3. The number of alkyl halides is 3. The first-order chi connectivity index (χ1) is 14.5. The summed E-state index contributed by atoms with van der Waals surface area (Å²) in [5.74, 6) is -0.274. The molecule has 0 bridgehead atoms. The third-order valence-electron chi connectivity index (χ3n) is 5.10. The van der Waals surface area contributed by atoms with E-state index in [1.165, 1.54) is 6.07 Å². The second-order valence-corrected chi connectivity index (χ2v) is 8.07. The van der Waals surface area contributed by atoms with E-state index in [1.54, 1.807) is 37.2 Å². The summed E-state index contributed by atoms with van der Waals surface area (Å²) in [6.07, 6.45) is -3.82. The Balaban J connectivity index is 1.96. The zero-order valence-electron chi connectivity index (χ0n) is 17.6. The minimum Gasteiger partial charge on any atom is -0.375 e. The van der Waals surface area contributed by atoms with Gasteiger partial charge in [0.1, 0.15) is 17.7 Å². The van der Waals surface area contributed by atoms with Gasteiger partial charge in [0.25, 0.3) is 0 Å². The quantitative estimate of drug-likeness (QED) is 0.427. The molecule has 3 rings (SSSR count). The molecule has 2 aromatic carbocycles. The Morgan fingerprint density at radius 2 is 1.81 bits per heavy atom. The van der Waals surface area contributed by atoms with Crippen molar-refractivity contribution in [1.29, 1.82) is 0 Å². The van der Waals surface area contributed by atoms with Crippen LogP contribution in [0, 0.1) is 12.7 Å². The molecule has 0 aliphatic carbocycles. The van der Waals surface area contributed by atoms with Crippen LogP contribution in [0.2, 0.25) is 5.02 Å². The van der Waals surface area contributed by atoms with Crippen LogP contribution in [0.15, 0.2) is 36.4 Å². The van der Waals surface area contributed by atoms with Crippen LogP contribution >= 0.6 is 11.6 Å². The molecule has 0 N–H and O–H groups in total. The van der Waals surface area contributed by atoms with Gasteiger partial charge in [0, 0.05) is 31.1 Å². The van der Waals surface area contributed by atoms with Crippen molar-refractivity contribution < 1.29 is 17.6 Å². The smallest absolute Gasteiger partial charge is 0.375 e. The molecule has 1 heterocycles. The lowest BCUT2D eigenvalue weighted by molar-refractivity contribution is -0.165. The van der Waals surface area contributed by atoms with E-state index < -0.39 is 18.0 Å². The summed E-state index contributed by atoms with van der Waals surface area (Å²) >= 11 is 6.15. The molecule has 1 unspecified atom stereocenters. The van der Waals surface area contributed by atoms with E-state index >= 15 is 0 Å². The number of halogens is 5. The molecule has 1 aromatic heterocycles. The molecule has 4 nitrogen and oxygen atoms in total. The van der Waals surface area contributed by atoms with Crippen LogP contribution in [0.25, 0.3) is 11.4 Å². The second-order valence-electron chi connectivity index (χ2n) is 7.66. The van der Waals surface area contributed by atoms with Gasteiger partial charge in [-0.2, -0.15) is 18.3 Å². The van der Waals surface area contributed by atoms with Crippen LogP contribution in [0.1, 0.15) is 29.9 Å². The molecule has 0 aliphatic heterocycles. The highest BCUT2D eigenvalue weighted by Crippen LogP contribution is 2.32. The van der Waals surface area contributed by atoms with Gasteiger partial charge in [-0.15, -0.1) is 0 Å². The Morgan fingerprint density at radius 3 is 2.39 bits per heavy atom. The third kappa shape index (κ3) is 5.18. The van der Waals surface area contributed by atoms with Crippen LogP contribution < -0.4 is 4.90 Å². The largest absolute Gasteiger partial charge is 0.410 e. The lowest BCUT2D eigenvalue weighted by atomic mass is 10.1. The molecule has 0 spiro atoms. The molecule has 0 radical (unpaired) electrons. The second kappa shape index (κ2) is 8.86. The van der Waals surface area contributed by atoms with Crippen molar-refractivity contribution in [3.8, 4) is 11.4 Å². The topological polar surface area (TPSA) is 34.0 Å². The van der Waals surface area contributed by atoms with Crippen LogP contribution in [0.3, 0.4) is 0 Å². The molecule has 31 heavy (non-hydrogen) atoms. The molecule has 1 atom stereocenters. The Kier molecular flexibility index (Phi) is 6.59. The van der Waals surface area contributed by atoms with Crippen molar-refractivity contribution in [2.75, 3.05) is 19.0 Å². The Bertz CT molecular complexity index is 1080. The highest BCUT2D eigenvalue weighted by Gasteiger charge is 2.39. The van der Waals surface area contributed by atoms with Gasteiger partial charge in [0.2, 0.25) is 0 Å². The summed E-state index contributed by atoms with van der Waals surface area (Å²) in [4.78, 5) is 5.93. The lowest BCUT2D eigenvalue weighted by Crippen LogP contribution is -2.26. The molecule has 9 heteroatoms. The van der Waals surface area contributed by atoms with E-state index in [0.717, 1.165) is 22.7 Å². The molecular formula is C22H23ClF4N4. The van der Waals surface area contributed by atoms with Gasteiger partial charge in [0.15, 0.2) is 5.82 Å². The van der Waals surface area contributed by atoms with E-state index in [2.05, 4.69) is 10.1 Å². The maximum absolute atomic E-state index is 14.4. The Labute approximate surface area is 183 Å². The van der Waals surface area contributed by atoms with Crippen LogP contribution in [0.5, 0.6) is 0 Å². The molecule has 0 aliphatic rings. The average molecular weight is 455 g/mol. The summed E-state index contributed by atoms with van der Waals surface area (Å²) in [6, 6.07) is 8.05. The third-order valence-corrected chi connectivity index (χ3v) is 5.51. The summed E-state index contributed by atoms with van der Waals surface area (Å²) in [6.45, 7) is 2.90. The highest BCUT2D eigenvalue weighted by molar-refractivity contribution is 6.31. The number of anilines is 1. The van der Waals surface area contributed by atoms with E-state index in [4.69, 9.17) is 11.6 Å². The van der Waals surface area contributed by atoms with Crippen LogP contribution in [-0.4, -0.2) is 35.0 Å². The minimum atomic E-state index is -4.49. The predicted octanol–water partition coefficient (Wildman–Crippen LogP) is 6.02. The molecule has 3 aromatic rings. The summed E-state index contributed by atoms with van der Waals surface area (Å²) in [5, 5.41) is 4.68. The molecular weight excluding hydrogens is 432 g/mol. The molecule has 0 fully saturated rings. The lowest BCUT2D eigenvalue weighted by Gasteiger charge is -2.17. The number of aromatic nitrogens is 3. The first-order valence-corrected chi connectivity index (χ1v) is 10.1.